The Morgan fingerprint density at radius 3 is 2.84 bits per heavy atom. The number of likely N-dealkylation sites (N-methyl/N-ethyl adjacent to an activating group) is 1. The van der Waals surface area contributed by atoms with E-state index in [9.17, 15) is 9.90 Å². The Morgan fingerprint density at radius 2 is 2.09 bits per heavy atom. The first-order valence-corrected chi connectivity index (χ1v) is 9.96. The quantitative estimate of drug-likeness (QED) is 0.415. The number of nitrogens with one attached hydrogen (secondary N) is 1. The minimum absolute atomic E-state index is 0.286. The molecule has 1 aliphatic rings. The lowest BCUT2D eigenvalue weighted by Crippen LogP contribution is -2.37. The van der Waals surface area contributed by atoms with Crippen molar-refractivity contribution in [2.75, 3.05) is 19.3 Å². The van der Waals surface area contributed by atoms with Crippen LogP contribution in [0, 0.1) is 11.8 Å². The summed E-state index contributed by atoms with van der Waals surface area (Å²) in [5, 5.41) is 18.1. The number of fused-ring (bicyclic) bond motifs is 1. The molecule has 3 aromatic heterocycles. The number of pyridine rings is 1. The third-order valence-electron chi connectivity index (χ3n) is 5.51. The van der Waals surface area contributed by atoms with E-state index in [2.05, 4.69) is 37.0 Å². The van der Waals surface area contributed by atoms with Crippen molar-refractivity contribution in [2.45, 2.75) is 12.0 Å². The highest BCUT2D eigenvalue weighted by atomic mass is 16.3. The second-order valence-corrected chi connectivity index (χ2v) is 7.67. The number of aromatic amines is 1. The van der Waals surface area contributed by atoms with Crippen molar-refractivity contribution in [2.24, 2.45) is 0 Å². The first kappa shape index (κ1) is 19.7. The summed E-state index contributed by atoms with van der Waals surface area (Å²) >= 11 is 0. The largest absolute Gasteiger partial charge is 0.382 e. The fraction of sp³-hybridized carbons (Fsp3) is 0.174. The zero-order valence-corrected chi connectivity index (χ0v) is 17.2. The first-order valence-electron chi connectivity index (χ1n) is 9.96. The molecule has 1 amide bonds. The predicted octanol–water partition coefficient (Wildman–Crippen LogP) is 1.61. The number of carbonyl (C=O) groups excluding carboxylic acids is 1. The lowest BCUT2D eigenvalue weighted by atomic mass is 10.0. The maximum absolute atomic E-state index is 12.1. The summed E-state index contributed by atoms with van der Waals surface area (Å²) in [5.74, 6) is 6.03. The Balaban J connectivity index is 1.53. The van der Waals surface area contributed by atoms with E-state index >= 15 is 0 Å². The number of hydrogen-bond acceptors (Lipinski definition) is 7. The number of nitrogens with two attached hydrogens (primary N) is 1. The van der Waals surface area contributed by atoms with Gasteiger partial charge in [0, 0.05) is 66.2 Å². The third kappa shape index (κ3) is 3.33. The lowest BCUT2D eigenvalue weighted by Gasteiger charge is -2.13. The summed E-state index contributed by atoms with van der Waals surface area (Å²) in [6.45, 7) is 0.477. The van der Waals surface area contributed by atoms with E-state index in [0.29, 0.717) is 29.3 Å². The van der Waals surface area contributed by atoms with Gasteiger partial charge in [-0.15, -0.1) is 0 Å². The Kier molecular flexibility index (Phi) is 4.57. The van der Waals surface area contributed by atoms with Gasteiger partial charge in [0.05, 0.1) is 6.20 Å². The molecule has 1 atom stereocenters. The van der Waals surface area contributed by atoms with Gasteiger partial charge in [-0.2, -0.15) is 5.10 Å². The van der Waals surface area contributed by atoms with Crippen LogP contribution in [0.25, 0.3) is 33.4 Å². The number of nitrogens with zero attached hydrogens (tertiary/aromatic N) is 5. The summed E-state index contributed by atoms with van der Waals surface area (Å²) in [6.07, 6.45) is 7.14. The monoisotopic (exact) mass is 425 g/mol. The van der Waals surface area contributed by atoms with Crippen LogP contribution in [0.1, 0.15) is 12.0 Å². The Morgan fingerprint density at radius 1 is 1.22 bits per heavy atom. The standard InChI is InChI=1S/C23H19N7O2/c1-30-8-7-23(32,22(30)31)6-5-14-3-2-4-15(9-14)21-26-13-18-17(16-10-27-28-11-16)12-25-20(24)19(18)29-21/h2-4,9-13,32H,7-8H2,1H3,(H2,24,25)(H,27,28). The van der Waals surface area contributed by atoms with Gasteiger partial charge in [-0.25, -0.2) is 15.0 Å². The molecule has 5 rings (SSSR count). The van der Waals surface area contributed by atoms with Crippen LogP contribution >= 0.6 is 0 Å². The molecule has 4 aromatic rings. The minimum atomic E-state index is -1.65. The fourth-order valence-corrected chi connectivity index (χ4v) is 3.69. The average Bonchev–Trinajstić information content (AvgIpc) is 3.43. The van der Waals surface area contributed by atoms with Crippen LogP contribution in [0.3, 0.4) is 0 Å². The molecule has 1 aliphatic heterocycles. The van der Waals surface area contributed by atoms with Crippen molar-refractivity contribution < 1.29 is 9.90 Å². The summed E-state index contributed by atoms with van der Waals surface area (Å²) in [5.41, 5.74) is 8.06. The molecule has 0 spiro atoms. The molecular weight excluding hydrogens is 406 g/mol. The number of aliphatic hydroxyl groups is 1. The van der Waals surface area contributed by atoms with Crippen molar-refractivity contribution in [1.82, 2.24) is 30.0 Å². The van der Waals surface area contributed by atoms with Crippen molar-refractivity contribution >= 4 is 22.6 Å². The normalized spacial score (nSPS) is 18.1. The van der Waals surface area contributed by atoms with Crippen LogP contribution in [0.4, 0.5) is 5.82 Å². The Hall–Kier alpha value is -4.29. The molecule has 0 radical (unpaired) electrons. The summed E-state index contributed by atoms with van der Waals surface area (Å²) in [4.78, 5) is 27.0. The molecule has 1 unspecified atom stereocenters. The molecule has 0 aliphatic carbocycles. The van der Waals surface area contributed by atoms with E-state index in [0.717, 1.165) is 22.1 Å². The van der Waals surface area contributed by atoms with Crippen LogP contribution in [-0.4, -0.2) is 60.3 Å². The SMILES string of the molecule is CN1CCC(O)(C#Cc2cccc(-c3ncc4c(-c5cn[nH]c5)cnc(N)c4n3)c2)C1=O. The Bertz CT molecular complexity index is 1410. The van der Waals surface area contributed by atoms with Gasteiger partial charge in [0.2, 0.25) is 5.60 Å². The summed E-state index contributed by atoms with van der Waals surface area (Å²) < 4.78 is 0. The molecule has 0 bridgehead atoms. The number of likely N-dealkylation sites (tertiary alicyclic amines) is 1. The van der Waals surface area contributed by atoms with Crippen molar-refractivity contribution in [3.63, 3.8) is 0 Å². The van der Waals surface area contributed by atoms with Gasteiger partial charge in [0.15, 0.2) is 5.82 Å². The second-order valence-electron chi connectivity index (χ2n) is 7.67. The number of anilines is 1. The molecule has 0 saturated carbocycles. The van der Waals surface area contributed by atoms with Gasteiger partial charge in [0.25, 0.3) is 5.91 Å². The number of H-pyrrole nitrogens is 1. The third-order valence-corrected chi connectivity index (χ3v) is 5.51. The number of amides is 1. The van der Waals surface area contributed by atoms with Crippen LogP contribution < -0.4 is 5.73 Å². The van der Waals surface area contributed by atoms with E-state index in [4.69, 9.17) is 5.73 Å². The van der Waals surface area contributed by atoms with Gasteiger partial charge in [-0.1, -0.05) is 24.0 Å². The molecule has 1 fully saturated rings. The first-order chi connectivity index (χ1) is 15.4. The van der Waals surface area contributed by atoms with E-state index in [1.54, 1.807) is 37.9 Å². The van der Waals surface area contributed by atoms with E-state index in [-0.39, 0.29) is 12.3 Å². The van der Waals surface area contributed by atoms with Gasteiger partial charge in [0.1, 0.15) is 11.3 Å². The highest BCUT2D eigenvalue weighted by molar-refractivity contribution is 5.98. The number of carbonyl (C=O) groups is 1. The maximum Gasteiger partial charge on any atom is 0.267 e. The van der Waals surface area contributed by atoms with E-state index in [1.807, 2.05) is 18.2 Å². The maximum atomic E-state index is 12.1. The van der Waals surface area contributed by atoms with Gasteiger partial charge >= 0.3 is 0 Å². The van der Waals surface area contributed by atoms with Crippen molar-refractivity contribution in [3.8, 4) is 34.4 Å². The molecule has 9 heteroatoms. The number of benzene rings is 1. The van der Waals surface area contributed by atoms with Crippen LogP contribution in [0.15, 0.2) is 49.1 Å². The minimum Gasteiger partial charge on any atom is -0.382 e. The molecule has 4 N–H and O–H groups in total. The van der Waals surface area contributed by atoms with E-state index < -0.39 is 5.60 Å². The highest BCUT2D eigenvalue weighted by Crippen LogP contribution is 2.30. The van der Waals surface area contributed by atoms with Crippen LogP contribution in [0.2, 0.25) is 0 Å². The van der Waals surface area contributed by atoms with Gasteiger partial charge in [-0.3, -0.25) is 9.89 Å². The zero-order valence-electron chi connectivity index (χ0n) is 17.2. The second kappa shape index (κ2) is 7.44. The molecule has 158 valence electrons. The zero-order chi connectivity index (χ0) is 22.3. The van der Waals surface area contributed by atoms with Crippen molar-refractivity contribution in [1.29, 1.82) is 0 Å². The number of hydrogen-bond donors (Lipinski definition) is 3. The predicted molar refractivity (Wildman–Crippen MR) is 119 cm³/mol. The fourth-order valence-electron chi connectivity index (χ4n) is 3.69. The molecular formula is C23H19N7O2. The summed E-state index contributed by atoms with van der Waals surface area (Å²) in [6, 6.07) is 7.29. The van der Waals surface area contributed by atoms with Gasteiger partial charge < -0.3 is 15.7 Å². The number of rotatable bonds is 2. The van der Waals surface area contributed by atoms with Gasteiger partial charge in [-0.05, 0) is 12.1 Å². The highest BCUT2D eigenvalue weighted by Gasteiger charge is 2.42. The average molecular weight is 425 g/mol. The van der Waals surface area contributed by atoms with E-state index in [1.165, 1.54) is 4.90 Å². The lowest BCUT2D eigenvalue weighted by molar-refractivity contribution is -0.137. The van der Waals surface area contributed by atoms with Crippen molar-refractivity contribution in [3.05, 3.63) is 54.6 Å². The topological polar surface area (TPSA) is 134 Å². The van der Waals surface area contributed by atoms with Crippen LogP contribution in [-0.2, 0) is 4.79 Å². The van der Waals surface area contributed by atoms with Crippen LogP contribution in [0.5, 0.6) is 0 Å². The molecule has 9 nitrogen and oxygen atoms in total. The Labute approximate surface area is 183 Å². The molecule has 32 heavy (non-hydrogen) atoms. The molecule has 1 saturated heterocycles. The smallest absolute Gasteiger partial charge is 0.267 e. The molecule has 1 aromatic carbocycles. The number of nitrogen functional groups attached to an aromatic ring is 1. The summed E-state index contributed by atoms with van der Waals surface area (Å²) in [7, 11) is 1.65. The molecule has 4 heterocycles. The number of aromatic nitrogens is 5.